The Morgan fingerprint density at radius 1 is 0.929 bits per heavy atom. The minimum atomic E-state index is -1.35. The molecular formula is C18H22N2O8. The highest BCUT2D eigenvalue weighted by atomic mass is 16.5. The summed E-state index contributed by atoms with van der Waals surface area (Å²) in [5, 5.41) is 26.7. The van der Waals surface area contributed by atoms with Crippen LogP contribution in [0.4, 0.5) is 0 Å². The van der Waals surface area contributed by atoms with Crippen LogP contribution in [-0.4, -0.2) is 51.4 Å². The number of carboxylic acid groups (broad SMARTS) is 2. The molecule has 2 aromatic heterocycles. The Bertz CT molecular complexity index is 979. The van der Waals surface area contributed by atoms with E-state index in [2.05, 4.69) is 9.97 Å². The number of ether oxygens (including phenoxy) is 2. The van der Waals surface area contributed by atoms with Gasteiger partial charge in [0.1, 0.15) is 0 Å². The number of aromatic nitrogens is 2. The zero-order valence-corrected chi connectivity index (χ0v) is 16.3. The SMILES string of the molecule is COc1c(C(=O)O)nc(C)c(C)c1OC.Cc1[nH]c(C(=O)O)c(O)c(=O)c1C. The van der Waals surface area contributed by atoms with Gasteiger partial charge in [-0.05, 0) is 27.7 Å². The molecule has 2 rings (SSSR count). The molecule has 0 unspecified atom stereocenters. The van der Waals surface area contributed by atoms with Crippen molar-refractivity contribution >= 4 is 11.9 Å². The molecule has 0 spiro atoms. The first kappa shape index (κ1) is 22.5. The Kier molecular flexibility index (Phi) is 7.14. The van der Waals surface area contributed by atoms with Crippen LogP contribution in [0.5, 0.6) is 17.2 Å². The van der Waals surface area contributed by atoms with E-state index < -0.39 is 28.8 Å². The van der Waals surface area contributed by atoms with E-state index in [4.69, 9.17) is 24.8 Å². The number of aromatic hydroxyl groups is 1. The van der Waals surface area contributed by atoms with Crippen molar-refractivity contribution in [3.05, 3.63) is 44.1 Å². The third-order valence-corrected chi connectivity index (χ3v) is 4.08. The minimum Gasteiger partial charge on any atom is -0.502 e. The minimum absolute atomic E-state index is 0.127. The molecule has 152 valence electrons. The number of rotatable bonds is 4. The predicted molar refractivity (Wildman–Crippen MR) is 98.9 cm³/mol. The number of pyridine rings is 2. The summed E-state index contributed by atoms with van der Waals surface area (Å²) >= 11 is 0. The van der Waals surface area contributed by atoms with Gasteiger partial charge in [0.15, 0.2) is 28.6 Å². The number of hydrogen-bond acceptors (Lipinski definition) is 7. The first-order valence-electron chi connectivity index (χ1n) is 7.96. The Morgan fingerprint density at radius 2 is 1.46 bits per heavy atom. The fourth-order valence-corrected chi connectivity index (χ4v) is 2.28. The predicted octanol–water partition coefficient (Wildman–Crippen LogP) is 1.81. The second-order valence-electron chi connectivity index (χ2n) is 5.78. The number of nitrogens with one attached hydrogen (secondary N) is 1. The molecule has 4 N–H and O–H groups in total. The number of methoxy groups -OCH3 is 2. The van der Waals surface area contributed by atoms with Crippen molar-refractivity contribution in [3.63, 3.8) is 0 Å². The molecule has 0 atom stereocenters. The van der Waals surface area contributed by atoms with Gasteiger partial charge >= 0.3 is 11.9 Å². The molecule has 0 bridgehead atoms. The van der Waals surface area contributed by atoms with E-state index in [9.17, 15) is 14.4 Å². The van der Waals surface area contributed by atoms with Crippen LogP contribution < -0.4 is 14.9 Å². The standard InChI is InChI=1S/C10H13NO4.C8H9NO4/c1-5-6(2)11-7(10(12)13)9(15-4)8(5)14-3;1-3-4(2)9-5(8(12)13)7(11)6(3)10/h1-4H3,(H,12,13);11H,1-2H3,(H,9,10)(H,12,13). The van der Waals surface area contributed by atoms with Crippen LogP contribution >= 0.6 is 0 Å². The molecule has 0 saturated carbocycles. The van der Waals surface area contributed by atoms with Crippen LogP contribution in [0.3, 0.4) is 0 Å². The van der Waals surface area contributed by atoms with E-state index in [0.717, 1.165) is 5.56 Å². The molecular weight excluding hydrogens is 372 g/mol. The van der Waals surface area contributed by atoms with Gasteiger partial charge in [0.05, 0.1) is 14.2 Å². The van der Waals surface area contributed by atoms with Crippen molar-refractivity contribution in [1.82, 2.24) is 9.97 Å². The van der Waals surface area contributed by atoms with Gasteiger partial charge in [-0.25, -0.2) is 14.6 Å². The lowest BCUT2D eigenvalue weighted by Gasteiger charge is -2.13. The van der Waals surface area contributed by atoms with Gasteiger partial charge in [-0.2, -0.15) is 0 Å². The smallest absolute Gasteiger partial charge is 0.358 e. The highest BCUT2D eigenvalue weighted by Gasteiger charge is 2.21. The van der Waals surface area contributed by atoms with Crippen molar-refractivity contribution in [1.29, 1.82) is 0 Å². The van der Waals surface area contributed by atoms with E-state index in [1.165, 1.54) is 21.1 Å². The molecule has 0 aliphatic heterocycles. The molecule has 28 heavy (non-hydrogen) atoms. The van der Waals surface area contributed by atoms with Crippen LogP contribution in [0.25, 0.3) is 0 Å². The van der Waals surface area contributed by atoms with E-state index >= 15 is 0 Å². The maximum Gasteiger partial charge on any atom is 0.358 e. The van der Waals surface area contributed by atoms with E-state index in [1.807, 2.05) is 0 Å². The number of H-pyrrole nitrogens is 1. The largest absolute Gasteiger partial charge is 0.502 e. The second kappa shape index (κ2) is 8.89. The monoisotopic (exact) mass is 394 g/mol. The molecule has 0 aromatic carbocycles. The lowest BCUT2D eigenvalue weighted by Crippen LogP contribution is -2.14. The molecule has 0 fully saturated rings. The molecule has 0 saturated heterocycles. The summed E-state index contributed by atoms with van der Waals surface area (Å²) in [5.41, 5.74) is 0.923. The summed E-state index contributed by atoms with van der Waals surface area (Å²) in [5.74, 6) is -2.64. The number of aromatic carboxylic acids is 2. The van der Waals surface area contributed by atoms with Gasteiger partial charge in [0.25, 0.3) is 0 Å². The Hall–Kier alpha value is -3.56. The van der Waals surface area contributed by atoms with Crippen LogP contribution in [0.15, 0.2) is 4.79 Å². The van der Waals surface area contributed by atoms with Gasteiger partial charge in [0, 0.05) is 22.5 Å². The number of carbonyl (C=O) groups is 2. The average molecular weight is 394 g/mol. The normalized spacial score (nSPS) is 9.93. The summed E-state index contributed by atoms with van der Waals surface area (Å²) in [6.45, 7) is 6.61. The number of carboxylic acids is 2. The maximum absolute atomic E-state index is 11.2. The molecule has 0 aliphatic carbocycles. The molecule has 0 amide bonds. The summed E-state index contributed by atoms with van der Waals surface area (Å²) in [6, 6.07) is 0. The Labute approximate surface area is 160 Å². The van der Waals surface area contributed by atoms with Gasteiger partial charge in [-0.15, -0.1) is 0 Å². The Balaban J connectivity index is 0.000000283. The van der Waals surface area contributed by atoms with Crippen LogP contribution in [0.2, 0.25) is 0 Å². The fraction of sp³-hybridized carbons (Fsp3) is 0.333. The summed E-state index contributed by atoms with van der Waals surface area (Å²) in [7, 11) is 2.86. The molecule has 10 nitrogen and oxygen atoms in total. The molecule has 2 aromatic rings. The Morgan fingerprint density at radius 3 is 1.89 bits per heavy atom. The van der Waals surface area contributed by atoms with Crippen molar-refractivity contribution < 1.29 is 34.4 Å². The summed E-state index contributed by atoms with van der Waals surface area (Å²) in [6.07, 6.45) is 0. The highest BCUT2D eigenvalue weighted by Crippen LogP contribution is 2.34. The van der Waals surface area contributed by atoms with Gasteiger partial charge in [-0.1, -0.05) is 0 Å². The molecule has 10 heteroatoms. The quantitative estimate of drug-likeness (QED) is 0.606. The van der Waals surface area contributed by atoms with Gasteiger partial charge in [0.2, 0.25) is 5.43 Å². The number of nitrogens with zero attached hydrogens (tertiary/aromatic N) is 1. The summed E-state index contributed by atoms with van der Waals surface area (Å²) in [4.78, 5) is 39.0. The first-order valence-corrected chi connectivity index (χ1v) is 7.96. The summed E-state index contributed by atoms with van der Waals surface area (Å²) < 4.78 is 10.1. The zero-order chi connectivity index (χ0) is 21.8. The van der Waals surface area contributed by atoms with E-state index in [-0.39, 0.29) is 11.4 Å². The van der Waals surface area contributed by atoms with Crippen LogP contribution in [0, 0.1) is 27.7 Å². The number of aromatic amines is 1. The first-order chi connectivity index (χ1) is 13.0. The van der Waals surface area contributed by atoms with Crippen molar-refractivity contribution in [3.8, 4) is 17.2 Å². The third kappa shape index (κ3) is 4.40. The number of aryl methyl sites for hydroxylation is 2. The van der Waals surface area contributed by atoms with Gasteiger partial charge < -0.3 is 29.8 Å². The lowest BCUT2D eigenvalue weighted by atomic mass is 10.1. The molecule has 2 heterocycles. The fourth-order valence-electron chi connectivity index (χ4n) is 2.28. The van der Waals surface area contributed by atoms with Crippen molar-refractivity contribution in [2.75, 3.05) is 14.2 Å². The topological polar surface area (TPSA) is 159 Å². The highest BCUT2D eigenvalue weighted by molar-refractivity contribution is 5.90. The van der Waals surface area contributed by atoms with Crippen LogP contribution in [0.1, 0.15) is 43.5 Å². The second-order valence-corrected chi connectivity index (χ2v) is 5.78. The van der Waals surface area contributed by atoms with E-state index in [0.29, 0.717) is 22.7 Å². The molecule has 0 aliphatic rings. The van der Waals surface area contributed by atoms with E-state index in [1.54, 1.807) is 20.8 Å². The van der Waals surface area contributed by atoms with Crippen LogP contribution in [-0.2, 0) is 0 Å². The lowest BCUT2D eigenvalue weighted by molar-refractivity contribution is 0.0675. The number of hydrogen-bond donors (Lipinski definition) is 4. The zero-order valence-electron chi connectivity index (χ0n) is 16.3. The van der Waals surface area contributed by atoms with Gasteiger partial charge in [-0.3, -0.25) is 4.79 Å². The maximum atomic E-state index is 11.2. The van der Waals surface area contributed by atoms with Crippen molar-refractivity contribution in [2.45, 2.75) is 27.7 Å². The van der Waals surface area contributed by atoms with Crippen molar-refractivity contribution in [2.24, 2.45) is 0 Å². The third-order valence-electron chi connectivity index (χ3n) is 4.08. The molecule has 0 radical (unpaired) electrons. The average Bonchev–Trinajstić information content (AvgIpc) is 2.64.